The molecule has 0 N–H and O–H groups in total. The topological polar surface area (TPSA) is 32.3 Å². The number of benzene rings is 1. The summed E-state index contributed by atoms with van der Waals surface area (Å²) in [4.78, 5) is 12.1. The Morgan fingerprint density at radius 3 is 1.22 bits per heavy atom. The molecule has 0 saturated heterocycles. The zero-order valence-electron chi connectivity index (χ0n) is 27.1. The first-order valence-electron chi connectivity index (χ1n) is 17.8. The Morgan fingerprint density at radius 1 is 0.512 bits per heavy atom. The van der Waals surface area contributed by atoms with Crippen molar-refractivity contribution in [2.45, 2.75) is 194 Å². The molecule has 0 heterocycles. The Hall–Kier alpha value is 0.110. The van der Waals surface area contributed by atoms with Crippen molar-refractivity contribution in [1.82, 2.24) is 0 Å². The van der Waals surface area contributed by atoms with Crippen LogP contribution < -0.4 is 9.42 Å². The number of hydrogen-bond acceptors (Lipinski definition) is 4. The van der Waals surface area contributed by atoms with E-state index in [2.05, 4.69) is 19.9 Å². The third-order valence-corrected chi connectivity index (χ3v) is 9.39. The van der Waals surface area contributed by atoms with Gasteiger partial charge in [0, 0.05) is 5.56 Å². The van der Waals surface area contributed by atoms with Gasteiger partial charge in [0.2, 0.25) is 0 Å². The molecule has 0 fully saturated rings. The van der Waals surface area contributed by atoms with Gasteiger partial charge in [-0.3, -0.25) is 0 Å². The predicted molar refractivity (Wildman–Crippen MR) is 188 cm³/mol. The van der Waals surface area contributed by atoms with E-state index in [4.69, 9.17) is 29.0 Å². The average molecular weight is 625 g/mol. The maximum absolute atomic E-state index is 12.1. The standard InChI is InChI=1S/C36H67O2PS2/c1-3-5-7-9-11-13-15-17-19-21-23-25-27-30-34-31-29-33-36(38-39(37,40)41)35(34)32-28-26-24-22-20-18-16-14-12-10-8-6-4-2/h29,31,33H,3-28,30,32H2,1-2H3,(H2,37,40,41)/p-2. The molecule has 5 heteroatoms. The molecule has 1 rings (SSSR count). The van der Waals surface area contributed by atoms with Gasteiger partial charge >= 0.3 is 0 Å². The van der Waals surface area contributed by atoms with Gasteiger partial charge in [-0.25, -0.2) is 0 Å². The normalized spacial score (nSPS) is 11.8. The van der Waals surface area contributed by atoms with Gasteiger partial charge < -0.3 is 33.9 Å². The fraction of sp³-hybridized carbons (Fsp3) is 0.833. The summed E-state index contributed by atoms with van der Waals surface area (Å²) in [7, 11) is 0. The van der Waals surface area contributed by atoms with Crippen molar-refractivity contribution >= 4 is 30.6 Å². The lowest BCUT2D eigenvalue weighted by Crippen LogP contribution is -2.11. The van der Waals surface area contributed by atoms with Crippen LogP contribution in [0.3, 0.4) is 0 Å². The van der Waals surface area contributed by atoms with Gasteiger partial charge in [0.25, 0.3) is 0 Å². The summed E-state index contributed by atoms with van der Waals surface area (Å²) < 4.78 is 5.64. The van der Waals surface area contributed by atoms with Crippen LogP contribution in [-0.4, -0.2) is 0 Å². The van der Waals surface area contributed by atoms with E-state index < -0.39 is 6.12 Å². The van der Waals surface area contributed by atoms with E-state index in [9.17, 15) is 4.89 Å². The lowest BCUT2D eigenvalue weighted by molar-refractivity contribution is -0.169. The van der Waals surface area contributed by atoms with Crippen molar-refractivity contribution in [2.75, 3.05) is 0 Å². The van der Waals surface area contributed by atoms with Gasteiger partial charge in [-0.2, -0.15) is 0 Å². The van der Waals surface area contributed by atoms with Crippen molar-refractivity contribution in [3.8, 4) is 5.75 Å². The SMILES string of the molecule is CCCCCCCCCCCCCCCc1cccc(O[P+]([O-])([S-])[S-])c1CCCCCCCCCCCCCCC. The number of rotatable bonds is 30. The second kappa shape index (κ2) is 27.6. The second-order valence-electron chi connectivity index (χ2n) is 12.4. The van der Waals surface area contributed by atoms with Crippen molar-refractivity contribution in [3.63, 3.8) is 0 Å². The van der Waals surface area contributed by atoms with E-state index >= 15 is 0 Å². The van der Waals surface area contributed by atoms with E-state index in [1.54, 1.807) is 0 Å². The van der Waals surface area contributed by atoms with E-state index in [0.717, 1.165) is 19.3 Å². The summed E-state index contributed by atoms with van der Waals surface area (Å²) in [5.41, 5.74) is 2.53. The van der Waals surface area contributed by atoms with Gasteiger partial charge in [0.15, 0.2) is 5.75 Å². The maximum atomic E-state index is 12.1. The van der Waals surface area contributed by atoms with Gasteiger partial charge in [-0.1, -0.05) is 180 Å². The van der Waals surface area contributed by atoms with Crippen molar-refractivity contribution in [3.05, 3.63) is 29.3 Å². The minimum atomic E-state index is -3.40. The summed E-state index contributed by atoms with van der Waals surface area (Å²) in [5, 5.41) is 0. The Bertz CT molecular complexity index is 707. The maximum Gasteiger partial charge on any atom is 0.171 e. The molecule has 0 unspecified atom stereocenters. The third-order valence-electron chi connectivity index (χ3n) is 8.52. The lowest BCUT2D eigenvalue weighted by Gasteiger charge is -2.42. The summed E-state index contributed by atoms with van der Waals surface area (Å²) in [6.45, 7) is 4.57. The fourth-order valence-electron chi connectivity index (χ4n) is 5.99. The van der Waals surface area contributed by atoms with Crippen LogP contribution >= 0.6 is 6.12 Å². The molecule has 0 spiro atoms. The quantitative estimate of drug-likeness (QED) is 0.0484. The van der Waals surface area contributed by atoms with E-state index in [1.807, 2.05) is 12.1 Å². The van der Waals surface area contributed by atoms with Gasteiger partial charge in [0.1, 0.15) is 0 Å². The van der Waals surface area contributed by atoms with Crippen LogP contribution in [0, 0.1) is 0 Å². The Labute approximate surface area is 267 Å². The third kappa shape index (κ3) is 24.2. The first kappa shape index (κ1) is 39.1. The van der Waals surface area contributed by atoms with Crippen LogP contribution in [0.5, 0.6) is 5.75 Å². The molecule has 0 aliphatic carbocycles. The van der Waals surface area contributed by atoms with Gasteiger partial charge in [-0.15, -0.1) is 6.12 Å². The molecule has 0 saturated carbocycles. The Morgan fingerprint density at radius 2 is 0.854 bits per heavy atom. The van der Waals surface area contributed by atoms with Crippen LogP contribution in [0.15, 0.2) is 18.2 Å². The van der Waals surface area contributed by atoms with Crippen LogP contribution in [0.1, 0.15) is 192 Å². The van der Waals surface area contributed by atoms with Crippen LogP contribution in [0.4, 0.5) is 0 Å². The molecular weight excluding hydrogens is 560 g/mol. The molecule has 240 valence electrons. The van der Waals surface area contributed by atoms with Crippen molar-refractivity contribution in [1.29, 1.82) is 0 Å². The molecule has 0 atom stereocenters. The molecule has 41 heavy (non-hydrogen) atoms. The summed E-state index contributed by atoms with van der Waals surface area (Å²) >= 11 is 9.91. The summed E-state index contributed by atoms with van der Waals surface area (Å²) in [6, 6.07) is 6.15. The Kier molecular flexibility index (Phi) is 26.4. The van der Waals surface area contributed by atoms with E-state index in [1.165, 1.54) is 172 Å². The number of aryl methyl sites for hydroxylation is 1. The van der Waals surface area contributed by atoms with Crippen LogP contribution in [0.25, 0.3) is 0 Å². The molecule has 1 aromatic rings. The fourth-order valence-corrected chi connectivity index (χ4v) is 6.88. The minimum absolute atomic E-state index is 0.671. The average Bonchev–Trinajstić information content (AvgIpc) is 2.94. The molecule has 0 aliphatic heterocycles. The first-order valence-corrected chi connectivity index (χ1v) is 21.5. The summed E-state index contributed by atoms with van der Waals surface area (Å²) in [6.07, 6.45) is 34.0. The summed E-state index contributed by atoms with van der Waals surface area (Å²) in [5.74, 6) is 0.671. The van der Waals surface area contributed by atoms with Crippen molar-refractivity contribution in [2.24, 2.45) is 0 Å². The largest absolute Gasteiger partial charge is 0.682 e. The molecule has 0 bridgehead atoms. The first-order chi connectivity index (χ1) is 20.0. The highest BCUT2D eigenvalue weighted by molar-refractivity contribution is 8.69. The monoisotopic (exact) mass is 624 g/mol. The van der Waals surface area contributed by atoms with Gasteiger partial charge in [-0.05, 0) is 37.3 Å². The minimum Gasteiger partial charge on any atom is -0.682 e. The highest BCUT2D eigenvalue weighted by atomic mass is 33.1. The smallest absolute Gasteiger partial charge is 0.171 e. The zero-order valence-corrected chi connectivity index (χ0v) is 29.6. The molecule has 0 aromatic heterocycles. The molecule has 2 nitrogen and oxygen atoms in total. The number of unbranched alkanes of at least 4 members (excludes halogenated alkanes) is 24. The van der Waals surface area contributed by atoms with Gasteiger partial charge in [0.05, 0.1) is 0 Å². The number of hydrogen-bond donors (Lipinski definition) is 0. The van der Waals surface area contributed by atoms with E-state index in [-0.39, 0.29) is 0 Å². The molecule has 1 aromatic carbocycles. The van der Waals surface area contributed by atoms with Crippen LogP contribution in [0.2, 0.25) is 0 Å². The predicted octanol–water partition coefficient (Wildman–Crippen LogP) is 12.5. The molecule has 0 amide bonds. The van der Waals surface area contributed by atoms with Crippen molar-refractivity contribution < 1.29 is 9.42 Å². The molecular formula is C36H65O2PS2-2. The van der Waals surface area contributed by atoms with Crippen LogP contribution in [-0.2, 0) is 37.3 Å². The van der Waals surface area contributed by atoms with E-state index in [0.29, 0.717) is 5.75 Å². The molecule has 0 radical (unpaired) electrons. The zero-order chi connectivity index (χ0) is 29.9. The lowest BCUT2D eigenvalue weighted by atomic mass is 9.95. The highest BCUT2D eigenvalue weighted by Gasteiger charge is 2.12. The second-order valence-corrected chi connectivity index (χ2v) is 17.1. The Balaban J connectivity index is 2.27. The molecule has 0 aliphatic rings. The highest BCUT2D eigenvalue weighted by Crippen LogP contribution is 2.47.